The predicted molar refractivity (Wildman–Crippen MR) is 158 cm³/mol. The molecule has 2 fully saturated rings. The fraction of sp³-hybridized carbons (Fsp3) is 0.394. The highest BCUT2D eigenvalue weighted by Crippen LogP contribution is 2.61. The molecule has 3 aliphatic heterocycles. The molecule has 0 bridgehead atoms. The maximum Gasteiger partial charge on any atom is 0.248 e. The second kappa shape index (κ2) is 8.33. The van der Waals surface area contributed by atoms with Crippen molar-refractivity contribution in [2.45, 2.75) is 81.8 Å². The summed E-state index contributed by atoms with van der Waals surface area (Å²) in [5, 5.41) is 16.5. The van der Waals surface area contributed by atoms with Gasteiger partial charge in [0.15, 0.2) is 0 Å². The number of para-hydroxylation sites is 2. The smallest absolute Gasteiger partial charge is 0.248 e. The number of allylic oxidation sites excluding steroid dienone is 1. The van der Waals surface area contributed by atoms with Gasteiger partial charge in [-0.3, -0.25) is 9.59 Å². The monoisotopic (exact) mass is 538 g/mol. The maximum atomic E-state index is 14.6. The number of aromatic nitrogens is 1. The highest BCUT2D eigenvalue weighted by atomic mass is 16.3. The minimum atomic E-state index is -1.44. The maximum absolute atomic E-state index is 14.6. The Balaban J connectivity index is 1.48. The van der Waals surface area contributed by atoms with Crippen molar-refractivity contribution in [3.8, 4) is 0 Å². The molecular formula is C33H38N4O3. The first-order valence-electron chi connectivity index (χ1n) is 13.9. The van der Waals surface area contributed by atoms with Gasteiger partial charge in [-0.25, -0.2) is 0 Å². The van der Waals surface area contributed by atoms with Crippen molar-refractivity contribution in [3.63, 3.8) is 0 Å². The van der Waals surface area contributed by atoms with Gasteiger partial charge < -0.3 is 25.2 Å². The average Bonchev–Trinajstić information content (AvgIpc) is 3.48. The highest BCUT2D eigenvalue weighted by molar-refractivity contribution is 6.00. The van der Waals surface area contributed by atoms with E-state index in [0.717, 1.165) is 33.4 Å². The number of hydrogen-bond acceptors (Lipinski definition) is 4. The third-order valence-electron chi connectivity index (χ3n) is 9.69. The van der Waals surface area contributed by atoms with Crippen LogP contribution in [0.15, 0.2) is 73.8 Å². The summed E-state index contributed by atoms with van der Waals surface area (Å²) >= 11 is 0. The number of anilines is 1. The van der Waals surface area contributed by atoms with E-state index in [0.29, 0.717) is 6.42 Å². The number of H-pyrrole nitrogens is 1. The largest absolute Gasteiger partial charge is 0.381 e. The summed E-state index contributed by atoms with van der Waals surface area (Å²) in [7, 11) is 0. The zero-order valence-electron chi connectivity index (χ0n) is 23.9. The van der Waals surface area contributed by atoms with Crippen molar-refractivity contribution in [1.82, 2.24) is 15.2 Å². The van der Waals surface area contributed by atoms with Crippen LogP contribution in [0.2, 0.25) is 0 Å². The van der Waals surface area contributed by atoms with E-state index in [1.54, 1.807) is 4.90 Å². The van der Waals surface area contributed by atoms with Crippen LogP contribution in [0, 0.1) is 0 Å². The van der Waals surface area contributed by atoms with Crippen molar-refractivity contribution in [3.05, 3.63) is 90.7 Å². The van der Waals surface area contributed by atoms with Crippen molar-refractivity contribution in [2.24, 2.45) is 0 Å². The fourth-order valence-corrected chi connectivity index (χ4v) is 7.42. The second-order valence-corrected chi connectivity index (χ2v) is 12.7. The topological polar surface area (TPSA) is 88.7 Å². The molecule has 6 rings (SSSR count). The van der Waals surface area contributed by atoms with Crippen LogP contribution < -0.4 is 10.2 Å². The molecule has 3 N–H and O–H groups in total. The fourth-order valence-electron chi connectivity index (χ4n) is 7.42. The Labute approximate surface area is 235 Å². The molecule has 3 aromatic rings. The van der Waals surface area contributed by atoms with Crippen molar-refractivity contribution >= 4 is 28.4 Å². The molecule has 208 valence electrons. The number of fused-ring (bicyclic) bond motifs is 6. The minimum absolute atomic E-state index is 0.121. The van der Waals surface area contributed by atoms with E-state index >= 15 is 0 Å². The molecule has 3 aliphatic rings. The molecule has 0 unspecified atom stereocenters. The summed E-state index contributed by atoms with van der Waals surface area (Å²) in [4.78, 5) is 35.6. The number of amides is 2. The third kappa shape index (κ3) is 3.21. The third-order valence-corrected chi connectivity index (χ3v) is 9.69. The van der Waals surface area contributed by atoms with Gasteiger partial charge in [0.2, 0.25) is 11.8 Å². The van der Waals surface area contributed by atoms with Gasteiger partial charge in [0, 0.05) is 46.1 Å². The molecule has 2 saturated heterocycles. The van der Waals surface area contributed by atoms with E-state index < -0.39 is 28.9 Å². The van der Waals surface area contributed by atoms with Crippen LogP contribution in [0.5, 0.6) is 0 Å². The normalized spacial score (nSPS) is 27.9. The molecule has 2 amide bonds. The highest BCUT2D eigenvalue weighted by Gasteiger charge is 2.73. The number of benzene rings is 2. The molecule has 7 heteroatoms. The van der Waals surface area contributed by atoms with Gasteiger partial charge >= 0.3 is 0 Å². The molecule has 7 nitrogen and oxygen atoms in total. The molecule has 40 heavy (non-hydrogen) atoms. The van der Waals surface area contributed by atoms with Gasteiger partial charge in [0.1, 0.15) is 23.3 Å². The minimum Gasteiger partial charge on any atom is -0.381 e. The number of aliphatic hydroxyl groups is 1. The number of nitrogens with one attached hydrogen (secondary N) is 2. The summed E-state index contributed by atoms with van der Waals surface area (Å²) in [6.45, 7) is 18.2. The predicted octanol–water partition coefficient (Wildman–Crippen LogP) is 4.66. The van der Waals surface area contributed by atoms with Crippen LogP contribution in [0.1, 0.15) is 57.9 Å². The zero-order valence-corrected chi connectivity index (χ0v) is 23.9. The summed E-state index contributed by atoms with van der Waals surface area (Å²) < 4.78 is 0. The van der Waals surface area contributed by atoms with E-state index in [9.17, 15) is 14.7 Å². The number of rotatable bonds is 6. The lowest BCUT2D eigenvalue weighted by Crippen LogP contribution is -2.73. The summed E-state index contributed by atoms with van der Waals surface area (Å²) in [5.41, 5.74) is 0.867. The first-order valence-corrected chi connectivity index (χ1v) is 13.9. The molecular weight excluding hydrogens is 500 g/mol. The molecule has 2 aromatic carbocycles. The Morgan fingerprint density at radius 3 is 2.42 bits per heavy atom. The van der Waals surface area contributed by atoms with E-state index in [1.807, 2.05) is 81.5 Å². The molecule has 0 radical (unpaired) electrons. The van der Waals surface area contributed by atoms with Crippen LogP contribution >= 0.6 is 0 Å². The quantitative estimate of drug-likeness (QED) is 0.398. The lowest BCUT2D eigenvalue weighted by Gasteiger charge is -2.54. The first kappa shape index (κ1) is 26.4. The Hall–Kier alpha value is -3.84. The summed E-state index contributed by atoms with van der Waals surface area (Å²) in [6.07, 6.45) is 4.16. The van der Waals surface area contributed by atoms with Gasteiger partial charge in [0.25, 0.3) is 0 Å². The number of carbonyl (C=O) groups is 2. The lowest BCUT2D eigenvalue weighted by molar-refractivity contribution is -0.155. The second-order valence-electron chi connectivity index (χ2n) is 12.7. The summed E-state index contributed by atoms with van der Waals surface area (Å²) in [5.74, 6) is -0.444. The lowest BCUT2D eigenvalue weighted by atomic mass is 9.84. The van der Waals surface area contributed by atoms with E-state index in [4.69, 9.17) is 0 Å². The Bertz CT molecular complexity index is 1590. The summed E-state index contributed by atoms with van der Waals surface area (Å²) in [6, 6.07) is 14.1. The van der Waals surface area contributed by atoms with E-state index in [1.165, 1.54) is 0 Å². The van der Waals surface area contributed by atoms with Crippen molar-refractivity contribution in [2.75, 3.05) is 4.90 Å². The standard InChI is InChI=1S/C33H38N4O3/c1-8-30(3,4)27-21(20-14-10-12-16-23(20)34-27)18-24-29(39)36-26(28(38)35-24)19-33(40)22-15-11-13-17-25(22)37(32(33,36)7)31(5,6)9-2/h8-17,24,26,34,40H,1-2,18-19H2,3-7H3,(H,35,38)/t24-,26-,32-,33-/m0/s1. The van der Waals surface area contributed by atoms with Crippen LogP contribution in [0.4, 0.5) is 5.69 Å². The number of hydrogen-bond donors (Lipinski definition) is 3. The Morgan fingerprint density at radius 2 is 1.73 bits per heavy atom. The van der Waals surface area contributed by atoms with Crippen molar-refractivity contribution in [1.29, 1.82) is 0 Å². The van der Waals surface area contributed by atoms with Gasteiger partial charge in [-0.05, 0) is 38.5 Å². The van der Waals surface area contributed by atoms with E-state index in [2.05, 4.69) is 42.2 Å². The van der Waals surface area contributed by atoms with E-state index in [-0.39, 0.29) is 23.7 Å². The van der Waals surface area contributed by atoms with Gasteiger partial charge in [-0.2, -0.15) is 0 Å². The first-order chi connectivity index (χ1) is 18.8. The molecule has 0 spiro atoms. The average molecular weight is 539 g/mol. The SMILES string of the molecule is C=CC(C)(C)c1[nH]c2ccccc2c1C[C@@H]1NC(=O)[C@@H]2C[C@]3(O)c4ccccc4N(C(C)(C)C=C)[C@]3(C)N2C1=O. The van der Waals surface area contributed by atoms with Gasteiger partial charge in [-0.1, -0.05) is 62.4 Å². The van der Waals surface area contributed by atoms with Crippen LogP contribution in [-0.4, -0.2) is 50.1 Å². The molecule has 0 aliphatic carbocycles. The van der Waals surface area contributed by atoms with Gasteiger partial charge in [-0.15, -0.1) is 13.2 Å². The zero-order chi connectivity index (χ0) is 28.8. The molecule has 4 atom stereocenters. The number of carbonyl (C=O) groups excluding carboxylic acids is 2. The van der Waals surface area contributed by atoms with Crippen molar-refractivity contribution < 1.29 is 14.7 Å². The van der Waals surface area contributed by atoms with Crippen LogP contribution in [0.25, 0.3) is 10.9 Å². The number of nitrogens with zero attached hydrogens (tertiary/aromatic N) is 2. The molecule has 1 aromatic heterocycles. The number of piperazine rings is 1. The van der Waals surface area contributed by atoms with Crippen LogP contribution in [-0.2, 0) is 27.0 Å². The Kier molecular flexibility index (Phi) is 5.50. The van der Waals surface area contributed by atoms with Crippen LogP contribution in [0.3, 0.4) is 0 Å². The molecule has 0 saturated carbocycles. The Morgan fingerprint density at radius 1 is 1.05 bits per heavy atom. The number of aromatic amines is 1. The van der Waals surface area contributed by atoms with Gasteiger partial charge in [0.05, 0.1) is 5.54 Å². The molecule has 4 heterocycles.